The third kappa shape index (κ3) is 4.14. The van der Waals surface area contributed by atoms with Gasteiger partial charge in [0.1, 0.15) is 0 Å². The Morgan fingerprint density at radius 2 is 1.96 bits per heavy atom. The van der Waals surface area contributed by atoms with Crippen molar-refractivity contribution < 1.29 is 4.79 Å². The van der Waals surface area contributed by atoms with Gasteiger partial charge in [-0.15, -0.1) is 0 Å². The monoisotopic (exact) mass is 469 g/mol. The zero-order chi connectivity index (χ0) is 18.7. The maximum absolute atomic E-state index is 13.0. The Kier molecular flexibility index (Phi) is 6.73. The quantitative estimate of drug-likeness (QED) is 0.277. The van der Waals surface area contributed by atoms with E-state index in [9.17, 15) is 4.79 Å². The molecular formula is C20H18BrCl2NOS. The fourth-order valence-electron chi connectivity index (χ4n) is 3.02. The lowest BCUT2D eigenvalue weighted by Gasteiger charge is -2.06. The van der Waals surface area contributed by atoms with Crippen molar-refractivity contribution in [3.8, 4) is 0 Å². The summed E-state index contributed by atoms with van der Waals surface area (Å²) in [6.07, 6.45) is 5.36. The molecule has 0 aliphatic heterocycles. The summed E-state index contributed by atoms with van der Waals surface area (Å²) in [6.45, 7) is 0.805. The molecule has 2 aromatic carbocycles. The third-order valence-electron chi connectivity index (χ3n) is 4.29. The van der Waals surface area contributed by atoms with Crippen molar-refractivity contribution in [3.05, 3.63) is 68.2 Å². The summed E-state index contributed by atoms with van der Waals surface area (Å²) in [5.74, 6) is 1.13. The Morgan fingerprint density at radius 1 is 1.19 bits per heavy atom. The number of aryl methyl sites for hydroxylation is 1. The van der Waals surface area contributed by atoms with Crippen LogP contribution in [0, 0.1) is 0 Å². The highest BCUT2D eigenvalue weighted by Crippen LogP contribution is 2.34. The van der Waals surface area contributed by atoms with E-state index < -0.39 is 0 Å². The first-order chi connectivity index (χ1) is 12.5. The van der Waals surface area contributed by atoms with Crippen LogP contribution in [0.4, 0.5) is 0 Å². The van der Waals surface area contributed by atoms with E-state index in [-0.39, 0.29) is 5.78 Å². The normalized spacial score (nSPS) is 11.2. The highest BCUT2D eigenvalue weighted by atomic mass is 79.9. The molecule has 0 radical (unpaired) electrons. The van der Waals surface area contributed by atoms with Crippen molar-refractivity contribution in [2.24, 2.45) is 0 Å². The molecule has 0 saturated carbocycles. The highest BCUT2D eigenvalue weighted by molar-refractivity contribution is 9.10. The molecule has 0 unspecified atom stereocenters. The molecule has 3 rings (SSSR count). The number of hydrogen-bond acceptors (Lipinski definition) is 2. The number of hydrogen-bond donors (Lipinski definition) is 0. The van der Waals surface area contributed by atoms with Crippen molar-refractivity contribution >= 4 is 67.6 Å². The second-order valence-electron chi connectivity index (χ2n) is 6.03. The van der Waals surface area contributed by atoms with Gasteiger partial charge in [0.15, 0.2) is 5.78 Å². The first-order valence-corrected chi connectivity index (χ1v) is 11.2. The first kappa shape index (κ1) is 19.8. The molecule has 136 valence electrons. The minimum atomic E-state index is 0.0731. The lowest BCUT2D eigenvalue weighted by molar-refractivity contribution is 0.0994. The Balaban J connectivity index is 2.01. The summed E-state index contributed by atoms with van der Waals surface area (Å²) in [4.78, 5) is 13.0. The molecule has 0 spiro atoms. The molecule has 1 heterocycles. The topological polar surface area (TPSA) is 22.0 Å². The van der Waals surface area contributed by atoms with Gasteiger partial charge >= 0.3 is 0 Å². The predicted octanol–water partition coefficient (Wildman–Crippen LogP) is 6.89. The zero-order valence-corrected chi connectivity index (χ0v) is 18.2. The van der Waals surface area contributed by atoms with Crippen LogP contribution in [0.25, 0.3) is 10.9 Å². The van der Waals surface area contributed by atoms with Crippen LogP contribution in [0.5, 0.6) is 0 Å². The van der Waals surface area contributed by atoms with E-state index in [2.05, 4.69) is 26.8 Å². The fourth-order valence-corrected chi connectivity index (χ4v) is 4.28. The molecule has 6 heteroatoms. The van der Waals surface area contributed by atoms with E-state index in [4.69, 9.17) is 23.2 Å². The van der Waals surface area contributed by atoms with Gasteiger partial charge in [0.2, 0.25) is 0 Å². The third-order valence-corrected chi connectivity index (χ3v) is 6.55. The van der Waals surface area contributed by atoms with Crippen LogP contribution in [-0.4, -0.2) is 22.4 Å². The van der Waals surface area contributed by atoms with Gasteiger partial charge < -0.3 is 4.57 Å². The fraction of sp³-hybridized carbons (Fsp3) is 0.250. The second-order valence-corrected chi connectivity index (χ2v) is 8.66. The summed E-state index contributed by atoms with van der Waals surface area (Å²) in [7, 11) is 0. The second kappa shape index (κ2) is 8.83. The number of benzene rings is 2. The van der Waals surface area contributed by atoms with E-state index in [1.165, 1.54) is 0 Å². The number of aromatic nitrogens is 1. The molecule has 26 heavy (non-hydrogen) atoms. The number of carbonyl (C=O) groups excluding carboxylic acids is 1. The van der Waals surface area contributed by atoms with Crippen LogP contribution in [0.2, 0.25) is 10.0 Å². The lowest BCUT2D eigenvalue weighted by atomic mass is 10.0. The SMILES string of the molecule is CSCCCn1cc(C(=O)Cc2ccccc2Br)c2ccc(Cl)c(Cl)c21. The minimum absolute atomic E-state index is 0.0731. The molecule has 0 aliphatic rings. The molecule has 1 aromatic heterocycles. The first-order valence-electron chi connectivity index (χ1n) is 8.25. The molecule has 0 bridgehead atoms. The highest BCUT2D eigenvalue weighted by Gasteiger charge is 2.19. The molecule has 0 aliphatic carbocycles. The van der Waals surface area contributed by atoms with Crippen LogP contribution in [0.15, 0.2) is 47.1 Å². The molecule has 0 saturated heterocycles. The summed E-state index contributed by atoms with van der Waals surface area (Å²) in [5, 5.41) is 1.88. The maximum atomic E-state index is 13.0. The number of fused-ring (bicyclic) bond motifs is 1. The van der Waals surface area contributed by atoms with E-state index in [0.29, 0.717) is 22.0 Å². The number of rotatable bonds is 7. The van der Waals surface area contributed by atoms with Gasteiger partial charge in [0, 0.05) is 34.6 Å². The van der Waals surface area contributed by atoms with Crippen molar-refractivity contribution in [2.45, 2.75) is 19.4 Å². The molecule has 3 aromatic rings. The number of thioether (sulfide) groups is 1. The molecular weight excluding hydrogens is 453 g/mol. The summed E-state index contributed by atoms with van der Waals surface area (Å²) in [5.41, 5.74) is 2.51. The summed E-state index contributed by atoms with van der Waals surface area (Å²) >= 11 is 18.0. The molecule has 0 atom stereocenters. The van der Waals surface area contributed by atoms with E-state index >= 15 is 0 Å². The van der Waals surface area contributed by atoms with Crippen molar-refractivity contribution in [1.82, 2.24) is 4.57 Å². The van der Waals surface area contributed by atoms with Crippen molar-refractivity contribution in [1.29, 1.82) is 0 Å². The molecule has 0 fully saturated rings. The average molecular weight is 471 g/mol. The smallest absolute Gasteiger partial charge is 0.169 e. The van der Waals surface area contributed by atoms with E-state index in [1.54, 1.807) is 17.8 Å². The number of halogens is 3. The number of ketones is 1. The molecule has 0 amide bonds. The van der Waals surface area contributed by atoms with Crippen LogP contribution >= 0.6 is 50.9 Å². The maximum Gasteiger partial charge on any atom is 0.169 e. The van der Waals surface area contributed by atoms with Gasteiger partial charge in [-0.2, -0.15) is 11.8 Å². The van der Waals surface area contributed by atoms with E-state index in [1.807, 2.05) is 36.5 Å². The van der Waals surface area contributed by atoms with Crippen LogP contribution in [0.3, 0.4) is 0 Å². The van der Waals surface area contributed by atoms with Crippen LogP contribution < -0.4 is 0 Å². The van der Waals surface area contributed by atoms with Crippen molar-refractivity contribution in [3.63, 3.8) is 0 Å². The Hall–Kier alpha value is -0.940. The van der Waals surface area contributed by atoms with Crippen molar-refractivity contribution in [2.75, 3.05) is 12.0 Å². The molecule has 0 N–H and O–H groups in total. The predicted molar refractivity (Wildman–Crippen MR) is 117 cm³/mol. The zero-order valence-electron chi connectivity index (χ0n) is 14.3. The lowest BCUT2D eigenvalue weighted by Crippen LogP contribution is -2.04. The van der Waals surface area contributed by atoms with Gasteiger partial charge in [-0.25, -0.2) is 0 Å². The van der Waals surface area contributed by atoms with Crippen LogP contribution in [0.1, 0.15) is 22.3 Å². The average Bonchev–Trinajstić information content (AvgIpc) is 3.00. The number of Topliss-reactive ketones (excluding diaryl/α,β-unsaturated/α-hetero) is 1. The standard InChI is InChI=1S/C20H18BrCl2NOS/c1-26-10-4-9-24-12-15(14-7-8-17(22)19(23)20(14)24)18(25)11-13-5-2-3-6-16(13)21/h2-3,5-8,12H,4,9-11H2,1H3. The van der Waals surface area contributed by atoms with Gasteiger partial charge in [0.05, 0.1) is 15.6 Å². The Morgan fingerprint density at radius 3 is 2.69 bits per heavy atom. The Bertz CT molecular complexity index is 954. The van der Waals surface area contributed by atoms with Gasteiger partial charge in [-0.1, -0.05) is 63.4 Å². The molecule has 2 nitrogen and oxygen atoms in total. The van der Waals surface area contributed by atoms with Crippen LogP contribution in [-0.2, 0) is 13.0 Å². The van der Waals surface area contributed by atoms with Gasteiger partial charge in [0.25, 0.3) is 0 Å². The van der Waals surface area contributed by atoms with Gasteiger partial charge in [-0.3, -0.25) is 4.79 Å². The summed E-state index contributed by atoms with van der Waals surface area (Å²) < 4.78 is 3.01. The van der Waals surface area contributed by atoms with E-state index in [0.717, 1.165) is 39.7 Å². The largest absolute Gasteiger partial charge is 0.345 e. The number of nitrogens with zero attached hydrogens (tertiary/aromatic N) is 1. The number of carbonyl (C=O) groups is 1. The minimum Gasteiger partial charge on any atom is -0.345 e. The summed E-state index contributed by atoms with van der Waals surface area (Å²) in [6, 6.07) is 11.4. The van der Waals surface area contributed by atoms with Gasteiger partial charge in [-0.05, 0) is 36.1 Å². The Labute approximate surface area is 176 Å².